The molecule has 2 rings (SSSR count). The maximum atomic E-state index is 12.0. The molecule has 0 spiro atoms. The minimum absolute atomic E-state index is 0.0267. The SMILES string of the molecule is NCCOCCOCC(=O)Nc1ccc(OCc2ccccc2)c(C(N)=O)c1O. The first kappa shape index (κ1) is 22.2. The largest absolute Gasteiger partial charge is 0.505 e. The van der Waals surface area contributed by atoms with Crippen molar-refractivity contribution in [2.24, 2.45) is 11.5 Å². The Kier molecular flexibility index (Phi) is 8.90. The average Bonchev–Trinajstić information content (AvgIpc) is 2.71. The Morgan fingerprint density at radius 2 is 1.72 bits per heavy atom. The number of anilines is 1. The van der Waals surface area contributed by atoms with E-state index in [-0.39, 0.29) is 36.8 Å². The summed E-state index contributed by atoms with van der Waals surface area (Å²) in [5, 5.41) is 12.9. The highest BCUT2D eigenvalue weighted by Crippen LogP contribution is 2.35. The van der Waals surface area contributed by atoms with Gasteiger partial charge in [0.15, 0.2) is 5.75 Å². The second-order valence-corrected chi connectivity index (χ2v) is 5.98. The van der Waals surface area contributed by atoms with Gasteiger partial charge in [-0.25, -0.2) is 0 Å². The summed E-state index contributed by atoms with van der Waals surface area (Å²) in [6.07, 6.45) is 0. The van der Waals surface area contributed by atoms with Crippen molar-refractivity contribution in [1.29, 1.82) is 0 Å². The molecule has 0 fully saturated rings. The van der Waals surface area contributed by atoms with Crippen LogP contribution in [-0.2, 0) is 20.9 Å². The third-order valence-electron chi connectivity index (χ3n) is 3.76. The van der Waals surface area contributed by atoms with E-state index in [4.69, 9.17) is 25.7 Å². The van der Waals surface area contributed by atoms with Crippen LogP contribution in [0.3, 0.4) is 0 Å². The predicted molar refractivity (Wildman–Crippen MR) is 107 cm³/mol. The Bertz CT molecular complexity index is 813. The second kappa shape index (κ2) is 11.6. The Hall–Kier alpha value is -3.14. The number of nitrogens with one attached hydrogen (secondary N) is 1. The van der Waals surface area contributed by atoms with Crippen molar-refractivity contribution in [1.82, 2.24) is 0 Å². The highest BCUT2D eigenvalue weighted by Gasteiger charge is 2.20. The zero-order valence-corrected chi connectivity index (χ0v) is 15.9. The summed E-state index contributed by atoms with van der Waals surface area (Å²) in [6.45, 7) is 1.30. The van der Waals surface area contributed by atoms with Gasteiger partial charge < -0.3 is 36.1 Å². The number of aromatic hydroxyl groups is 1. The maximum Gasteiger partial charge on any atom is 0.256 e. The minimum Gasteiger partial charge on any atom is -0.505 e. The third kappa shape index (κ3) is 7.07. The molecule has 29 heavy (non-hydrogen) atoms. The van der Waals surface area contributed by atoms with Gasteiger partial charge in [0, 0.05) is 6.54 Å². The van der Waals surface area contributed by atoms with Crippen LogP contribution < -0.4 is 21.5 Å². The highest BCUT2D eigenvalue weighted by molar-refractivity contribution is 6.02. The Morgan fingerprint density at radius 1 is 1.00 bits per heavy atom. The summed E-state index contributed by atoms with van der Waals surface area (Å²) < 4.78 is 15.9. The Morgan fingerprint density at radius 3 is 2.41 bits per heavy atom. The highest BCUT2D eigenvalue weighted by atomic mass is 16.5. The first-order valence-corrected chi connectivity index (χ1v) is 9.00. The molecular formula is C20H25N3O6. The van der Waals surface area contributed by atoms with E-state index < -0.39 is 17.6 Å². The second-order valence-electron chi connectivity index (χ2n) is 5.98. The van der Waals surface area contributed by atoms with Crippen LogP contribution in [0.2, 0.25) is 0 Å². The Labute approximate surface area is 168 Å². The van der Waals surface area contributed by atoms with Crippen molar-refractivity contribution in [3.05, 3.63) is 53.6 Å². The van der Waals surface area contributed by atoms with Crippen LogP contribution in [0.15, 0.2) is 42.5 Å². The number of benzene rings is 2. The van der Waals surface area contributed by atoms with E-state index >= 15 is 0 Å². The van der Waals surface area contributed by atoms with Gasteiger partial charge in [-0.05, 0) is 17.7 Å². The van der Waals surface area contributed by atoms with Gasteiger partial charge in [-0.15, -0.1) is 0 Å². The lowest BCUT2D eigenvalue weighted by Crippen LogP contribution is -2.21. The van der Waals surface area contributed by atoms with Crippen LogP contribution in [0.5, 0.6) is 11.5 Å². The topological polar surface area (TPSA) is 146 Å². The minimum atomic E-state index is -0.880. The summed E-state index contributed by atoms with van der Waals surface area (Å²) in [4.78, 5) is 23.8. The van der Waals surface area contributed by atoms with Crippen molar-refractivity contribution in [2.45, 2.75) is 6.61 Å². The number of hydrogen-bond donors (Lipinski definition) is 4. The standard InChI is InChI=1S/C20H25N3O6/c21-8-9-27-10-11-28-13-17(24)23-15-6-7-16(18(19(15)25)20(22)26)29-12-14-4-2-1-3-5-14/h1-7,25H,8-13,21H2,(H2,22,26)(H,23,24). The zero-order chi connectivity index (χ0) is 21.1. The van der Waals surface area contributed by atoms with E-state index in [0.717, 1.165) is 5.56 Å². The van der Waals surface area contributed by atoms with Crippen molar-refractivity contribution in [3.8, 4) is 11.5 Å². The third-order valence-corrected chi connectivity index (χ3v) is 3.76. The van der Waals surface area contributed by atoms with E-state index in [1.807, 2.05) is 30.3 Å². The summed E-state index contributed by atoms with van der Waals surface area (Å²) in [6, 6.07) is 12.2. The number of hydrogen-bond acceptors (Lipinski definition) is 7. The van der Waals surface area contributed by atoms with Gasteiger partial charge in [0.25, 0.3) is 5.91 Å². The first-order chi connectivity index (χ1) is 14.0. The quantitative estimate of drug-likeness (QED) is 0.305. The molecule has 6 N–H and O–H groups in total. The normalized spacial score (nSPS) is 10.5. The molecule has 9 nitrogen and oxygen atoms in total. The van der Waals surface area contributed by atoms with E-state index in [1.54, 1.807) is 0 Å². The molecule has 2 aromatic carbocycles. The van der Waals surface area contributed by atoms with Crippen LogP contribution in [0.25, 0.3) is 0 Å². The molecule has 156 valence electrons. The van der Waals surface area contributed by atoms with E-state index in [0.29, 0.717) is 19.8 Å². The first-order valence-electron chi connectivity index (χ1n) is 9.00. The molecule has 0 aliphatic carbocycles. The average molecular weight is 403 g/mol. The fraction of sp³-hybridized carbons (Fsp3) is 0.300. The number of carbonyl (C=O) groups is 2. The van der Waals surface area contributed by atoms with Crippen molar-refractivity contribution < 1.29 is 28.9 Å². The van der Waals surface area contributed by atoms with Gasteiger partial charge in [-0.3, -0.25) is 9.59 Å². The van der Waals surface area contributed by atoms with Gasteiger partial charge in [0.1, 0.15) is 24.5 Å². The van der Waals surface area contributed by atoms with E-state index in [1.165, 1.54) is 12.1 Å². The summed E-state index contributed by atoms with van der Waals surface area (Å²) in [7, 11) is 0. The lowest BCUT2D eigenvalue weighted by atomic mass is 10.1. The lowest BCUT2D eigenvalue weighted by molar-refractivity contribution is -0.121. The number of phenols is 1. The monoisotopic (exact) mass is 403 g/mol. The number of rotatable bonds is 12. The summed E-state index contributed by atoms with van der Waals surface area (Å²) in [5.74, 6) is -1.74. The molecule has 2 amide bonds. The molecule has 0 heterocycles. The number of ether oxygens (including phenoxy) is 3. The van der Waals surface area contributed by atoms with Gasteiger partial charge in [-0.2, -0.15) is 0 Å². The number of carbonyl (C=O) groups excluding carboxylic acids is 2. The van der Waals surface area contributed by atoms with Crippen molar-refractivity contribution >= 4 is 17.5 Å². The van der Waals surface area contributed by atoms with Gasteiger partial charge in [-0.1, -0.05) is 30.3 Å². The van der Waals surface area contributed by atoms with Crippen LogP contribution in [0.4, 0.5) is 5.69 Å². The molecule has 0 saturated carbocycles. The smallest absolute Gasteiger partial charge is 0.256 e. The molecule has 0 aliphatic rings. The zero-order valence-electron chi connectivity index (χ0n) is 15.9. The summed E-state index contributed by atoms with van der Waals surface area (Å²) >= 11 is 0. The predicted octanol–water partition coefficient (Wildman–Crippen LogP) is 1.00. The van der Waals surface area contributed by atoms with Crippen LogP contribution in [0.1, 0.15) is 15.9 Å². The fourth-order valence-electron chi connectivity index (χ4n) is 2.42. The fourth-order valence-corrected chi connectivity index (χ4v) is 2.42. The summed E-state index contributed by atoms with van der Waals surface area (Å²) in [5.41, 5.74) is 11.4. The molecular weight excluding hydrogens is 378 g/mol. The molecule has 0 saturated heterocycles. The maximum absolute atomic E-state index is 12.0. The van der Waals surface area contributed by atoms with Crippen LogP contribution in [0, 0.1) is 0 Å². The molecule has 0 radical (unpaired) electrons. The molecule has 2 aromatic rings. The molecule has 9 heteroatoms. The van der Waals surface area contributed by atoms with Crippen LogP contribution >= 0.6 is 0 Å². The molecule has 0 unspecified atom stereocenters. The van der Waals surface area contributed by atoms with Crippen LogP contribution in [-0.4, -0.2) is 49.9 Å². The van der Waals surface area contributed by atoms with Crippen molar-refractivity contribution in [2.75, 3.05) is 38.3 Å². The van der Waals surface area contributed by atoms with E-state index in [9.17, 15) is 14.7 Å². The van der Waals surface area contributed by atoms with E-state index in [2.05, 4.69) is 5.32 Å². The van der Waals surface area contributed by atoms with Crippen molar-refractivity contribution in [3.63, 3.8) is 0 Å². The number of amides is 2. The molecule has 0 aromatic heterocycles. The molecule has 0 aliphatic heterocycles. The molecule has 0 atom stereocenters. The Balaban J connectivity index is 1.98. The van der Waals surface area contributed by atoms with Gasteiger partial charge in [0.05, 0.1) is 25.5 Å². The van der Waals surface area contributed by atoms with Gasteiger partial charge in [0.2, 0.25) is 5.91 Å². The number of nitrogens with two attached hydrogens (primary N) is 2. The number of primary amides is 1. The van der Waals surface area contributed by atoms with Gasteiger partial charge >= 0.3 is 0 Å². The lowest BCUT2D eigenvalue weighted by Gasteiger charge is -2.14. The molecule has 0 bridgehead atoms.